The van der Waals surface area contributed by atoms with Crippen molar-refractivity contribution in [2.45, 2.75) is 32.0 Å². The van der Waals surface area contributed by atoms with E-state index in [1.165, 1.54) is 4.90 Å². The van der Waals surface area contributed by atoms with E-state index in [4.69, 9.17) is 9.15 Å². The average Bonchev–Trinajstić information content (AvgIpc) is 3.24. The van der Waals surface area contributed by atoms with Crippen molar-refractivity contribution in [2.75, 3.05) is 20.6 Å². The van der Waals surface area contributed by atoms with Crippen LogP contribution in [0.2, 0.25) is 0 Å². The van der Waals surface area contributed by atoms with E-state index in [9.17, 15) is 14.7 Å². The molecule has 2 atom stereocenters. The molecule has 0 spiro atoms. The van der Waals surface area contributed by atoms with Gasteiger partial charge < -0.3 is 24.1 Å². The van der Waals surface area contributed by atoms with Crippen LogP contribution >= 0.6 is 0 Å². The van der Waals surface area contributed by atoms with E-state index in [0.29, 0.717) is 30.0 Å². The highest BCUT2D eigenvalue weighted by molar-refractivity contribution is 5.96. The summed E-state index contributed by atoms with van der Waals surface area (Å²) in [5, 5.41) is 9.50. The largest absolute Gasteiger partial charge is 0.486 e. The number of aliphatic carboxylic acids is 1. The Kier molecular flexibility index (Phi) is 5.51. The average molecular weight is 372 g/mol. The number of rotatable bonds is 6. The molecule has 0 radical (unpaired) electrons. The molecule has 1 amide bonds. The zero-order valence-electron chi connectivity index (χ0n) is 15.7. The van der Waals surface area contributed by atoms with Crippen LogP contribution in [-0.2, 0) is 11.4 Å². The van der Waals surface area contributed by atoms with Crippen molar-refractivity contribution in [1.82, 2.24) is 9.80 Å². The van der Waals surface area contributed by atoms with E-state index in [1.807, 2.05) is 49.3 Å². The first-order valence-corrected chi connectivity index (χ1v) is 8.84. The number of nitrogens with zero attached hydrogens (tertiary/aromatic N) is 2. The van der Waals surface area contributed by atoms with Crippen LogP contribution in [0.4, 0.5) is 0 Å². The Morgan fingerprint density at radius 1 is 1.30 bits per heavy atom. The van der Waals surface area contributed by atoms with Gasteiger partial charge in [0, 0.05) is 18.2 Å². The number of hydrogen-bond donors (Lipinski definition) is 1. The molecule has 1 aliphatic heterocycles. The lowest BCUT2D eigenvalue weighted by Gasteiger charge is -2.21. The summed E-state index contributed by atoms with van der Waals surface area (Å²) in [5.74, 6) is 0.0146. The summed E-state index contributed by atoms with van der Waals surface area (Å²) in [5.41, 5.74) is 0.670. The van der Waals surface area contributed by atoms with Gasteiger partial charge >= 0.3 is 5.97 Å². The summed E-state index contributed by atoms with van der Waals surface area (Å²) in [4.78, 5) is 27.9. The Labute approximate surface area is 158 Å². The lowest BCUT2D eigenvalue weighted by Crippen LogP contribution is -2.41. The monoisotopic (exact) mass is 372 g/mol. The highest BCUT2D eigenvalue weighted by Crippen LogP contribution is 2.26. The van der Waals surface area contributed by atoms with Crippen LogP contribution in [0.1, 0.15) is 28.3 Å². The molecule has 0 bridgehead atoms. The maximum Gasteiger partial charge on any atom is 0.326 e. The SMILES string of the molecule is Cc1cc(COc2ccccc2)oc1C(=O)N1C[C@H](N(C)C)C[C@H]1C(=O)O. The van der Waals surface area contributed by atoms with Crippen LogP contribution in [0.15, 0.2) is 40.8 Å². The predicted molar refractivity (Wildman–Crippen MR) is 98.8 cm³/mol. The van der Waals surface area contributed by atoms with Gasteiger partial charge in [0.15, 0.2) is 5.76 Å². The highest BCUT2D eigenvalue weighted by Gasteiger charge is 2.42. The van der Waals surface area contributed by atoms with E-state index in [0.717, 1.165) is 0 Å². The van der Waals surface area contributed by atoms with Crippen molar-refractivity contribution in [1.29, 1.82) is 0 Å². The van der Waals surface area contributed by atoms with Gasteiger partial charge in [0.1, 0.15) is 24.2 Å². The van der Waals surface area contributed by atoms with Gasteiger partial charge in [-0.25, -0.2) is 4.79 Å². The maximum absolute atomic E-state index is 12.9. The van der Waals surface area contributed by atoms with Crippen molar-refractivity contribution in [3.63, 3.8) is 0 Å². The number of benzene rings is 1. The summed E-state index contributed by atoms with van der Waals surface area (Å²) in [6.45, 7) is 2.33. The molecule has 27 heavy (non-hydrogen) atoms. The summed E-state index contributed by atoms with van der Waals surface area (Å²) in [6, 6.07) is 10.2. The van der Waals surface area contributed by atoms with Crippen molar-refractivity contribution in [2.24, 2.45) is 0 Å². The molecule has 0 aliphatic carbocycles. The Morgan fingerprint density at radius 3 is 2.63 bits per heavy atom. The van der Waals surface area contributed by atoms with Crippen molar-refractivity contribution in [3.05, 3.63) is 53.5 Å². The summed E-state index contributed by atoms with van der Waals surface area (Å²) < 4.78 is 11.4. The van der Waals surface area contributed by atoms with Crippen molar-refractivity contribution >= 4 is 11.9 Å². The first kappa shape index (κ1) is 19.0. The van der Waals surface area contributed by atoms with E-state index >= 15 is 0 Å². The molecule has 3 rings (SSSR count). The quantitative estimate of drug-likeness (QED) is 0.838. The van der Waals surface area contributed by atoms with Gasteiger partial charge in [-0.1, -0.05) is 18.2 Å². The van der Waals surface area contributed by atoms with Gasteiger partial charge in [0.25, 0.3) is 5.91 Å². The number of likely N-dealkylation sites (N-methyl/N-ethyl adjacent to an activating group) is 1. The second-order valence-electron chi connectivity index (χ2n) is 6.99. The minimum atomic E-state index is -0.996. The fourth-order valence-electron chi connectivity index (χ4n) is 3.28. The molecule has 1 aromatic heterocycles. The smallest absolute Gasteiger partial charge is 0.326 e. The lowest BCUT2D eigenvalue weighted by atomic mass is 10.1. The number of likely N-dealkylation sites (tertiary alicyclic amines) is 1. The third kappa shape index (κ3) is 4.14. The van der Waals surface area contributed by atoms with E-state index in [2.05, 4.69) is 0 Å². The number of para-hydroxylation sites is 1. The molecular formula is C20H24N2O5. The number of carbonyl (C=O) groups is 2. The van der Waals surface area contributed by atoms with Crippen LogP contribution in [0.25, 0.3) is 0 Å². The number of aryl methyl sites for hydroxylation is 1. The number of ether oxygens (including phenoxy) is 1. The molecule has 7 nitrogen and oxygen atoms in total. The van der Waals surface area contributed by atoms with Gasteiger partial charge in [0.2, 0.25) is 0 Å². The van der Waals surface area contributed by atoms with E-state index < -0.39 is 17.9 Å². The van der Waals surface area contributed by atoms with E-state index in [-0.39, 0.29) is 18.4 Å². The third-order valence-corrected chi connectivity index (χ3v) is 4.84. The molecule has 0 saturated carbocycles. The summed E-state index contributed by atoms with van der Waals surface area (Å²) in [7, 11) is 3.77. The van der Waals surface area contributed by atoms with E-state index in [1.54, 1.807) is 13.0 Å². The van der Waals surface area contributed by atoms with Gasteiger partial charge in [-0.15, -0.1) is 0 Å². The normalized spacial score (nSPS) is 19.5. The minimum absolute atomic E-state index is 0.00574. The topological polar surface area (TPSA) is 83.2 Å². The Morgan fingerprint density at radius 2 is 2.00 bits per heavy atom. The number of carbonyl (C=O) groups excluding carboxylic acids is 1. The second-order valence-corrected chi connectivity index (χ2v) is 6.99. The van der Waals surface area contributed by atoms with Gasteiger partial charge in [-0.3, -0.25) is 4.79 Å². The minimum Gasteiger partial charge on any atom is -0.486 e. The molecule has 1 aromatic carbocycles. The van der Waals surface area contributed by atoms with Gasteiger partial charge in [-0.05, 0) is 45.6 Å². The van der Waals surface area contributed by atoms with Crippen molar-refractivity contribution in [3.8, 4) is 5.75 Å². The van der Waals surface area contributed by atoms with Crippen LogP contribution in [0, 0.1) is 6.92 Å². The first-order valence-electron chi connectivity index (χ1n) is 8.84. The fraction of sp³-hybridized carbons (Fsp3) is 0.400. The molecule has 1 aliphatic rings. The zero-order chi connectivity index (χ0) is 19.6. The molecule has 7 heteroatoms. The molecule has 1 N–H and O–H groups in total. The lowest BCUT2D eigenvalue weighted by molar-refractivity contribution is -0.141. The summed E-state index contributed by atoms with van der Waals surface area (Å²) in [6.07, 6.45) is 0.401. The van der Waals surface area contributed by atoms with Crippen LogP contribution in [0.5, 0.6) is 5.75 Å². The number of amides is 1. The predicted octanol–water partition coefficient (Wildman–Crippen LogP) is 2.40. The Bertz CT molecular complexity index is 815. The standard InChI is InChI=1S/C20H24N2O5/c1-13-9-16(12-26-15-7-5-4-6-8-15)27-18(13)19(23)22-11-14(21(2)3)10-17(22)20(24)25/h4-9,14,17H,10-12H2,1-3H3,(H,24,25)/t14-,17+/m1/s1. The maximum atomic E-state index is 12.9. The zero-order valence-corrected chi connectivity index (χ0v) is 15.7. The second kappa shape index (κ2) is 7.84. The number of carboxylic acids is 1. The molecule has 144 valence electrons. The third-order valence-electron chi connectivity index (χ3n) is 4.84. The highest BCUT2D eigenvalue weighted by atomic mass is 16.5. The van der Waals surface area contributed by atoms with Crippen LogP contribution in [0.3, 0.4) is 0 Å². The molecule has 1 fully saturated rings. The molecule has 0 unspecified atom stereocenters. The fourth-order valence-corrected chi connectivity index (χ4v) is 3.28. The molecule has 2 heterocycles. The Hall–Kier alpha value is -2.80. The number of furan rings is 1. The molecular weight excluding hydrogens is 348 g/mol. The number of hydrogen-bond acceptors (Lipinski definition) is 5. The van der Waals surface area contributed by atoms with Crippen molar-refractivity contribution < 1.29 is 23.8 Å². The Balaban J connectivity index is 1.74. The molecule has 1 saturated heterocycles. The number of carboxylic acid groups (broad SMARTS) is 1. The van der Waals surface area contributed by atoms with Crippen LogP contribution < -0.4 is 4.74 Å². The van der Waals surface area contributed by atoms with Crippen LogP contribution in [-0.4, -0.2) is 59.5 Å². The first-order chi connectivity index (χ1) is 12.9. The molecule has 2 aromatic rings. The van der Waals surface area contributed by atoms with Gasteiger partial charge in [0.05, 0.1) is 0 Å². The summed E-state index contributed by atoms with van der Waals surface area (Å²) >= 11 is 0. The van der Waals surface area contributed by atoms with Gasteiger partial charge in [-0.2, -0.15) is 0 Å².